The highest BCUT2D eigenvalue weighted by atomic mass is 16.6. The molecule has 7 nitrogen and oxygen atoms in total. The number of ether oxygens (including phenoxy) is 1. The quantitative estimate of drug-likeness (QED) is 0.518. The smallest absolute Gasteiger partial charge is 0.292 e. The molecule has 1 unspecified atom stereocenters. The van der Waals surface area contributed by atoms with Gasteiger partial charge in [0.25, 0.3) is 11.6 Å². The first-order valence-electron chi connectivity index (χ1n) is 6.90. The van der Waals surface area contributed by atoms with Gasteiger partial charge >= 0.3 is 0 Å². The number of hydrogen-bond donors (Lipinski definition) is 1. The summed E-state index contributed by atoms with van der Waals surface area (Å²) in [6.07, 6.45) is 3.17. The molecule has 0 spiro atoms. The van der Waals surface area contributed by atoms with E-state index in [9.17, 15) is 14.9 Å². The number of hydrogen-bond acceptors (Lipinski definition) is 5. The molecule has 1 amide bonds. The highest BCUT2D eigenvalue weighted by molar-refractivity contribution is 5.95. The van der Waals surface area contributed by atoms with Gasteiger partial charge in [0.1, 0.15) is 5.69 Å². The lowest BCUT2D eigenvalue weighted by Crippen LogP contribution is -2.37. The number of likely N-dealkylation sites (N-methyl/N-ethyl adjacent to an activating group) is 1. The second-order valence-corrected chi connectivity index (χ2v) is 5.20. The average molecular weight is 293 g/mol. The van der Waals surface area contributed by atoms with Crippen LogP contribution in [-0.2, 0) is 4.74 Å². The number of nitro benzene ring substituents is 1. The number of anilines is 1. The van der Waals surface area contributed by atoms with Crippen LogP contribution in [0.3, 0.4) is 0 Å². The molecule has 0 aromatic heterocycles. The third kappa shape index (κ3) is 3.69. The van der Waals surface area contributed by atoms with Crippen molar-refractivity contribution in [2.24, 2.45) is 0 Å². The Labute approximate surface area is 122 Å². The Bertz CT molecular complexity index is 541. The van der Waals surface area contributed by atoms with E-state index in [1.54, 1.807) is 11.9 Å². The number of nitrogens with two attached hydrogens (primary N) is 1. The number of rotatable bonds is 4. The minimum absolute atomic E-state index is 0.00633. The minimum Gasteiger partial charge on any atom is -0.393 e. The van der Waals surface area contributed by atoms with Gasteiger partial charge in [-0.15, -0.1) is 0 Å². The summed E-state index contributed by atoms with van der Waals surface area (Å²) in [7, 11) is 1.69. The van der Waals surface area contributed by atoms with E-state index in [0.717, 1.165) is 25.9 Å². The van der Waals surface area contributed by atoms with Crippen LogP contribution in [0.2, 0.25) is 0 Å². The number of nitrogen functional groups attached to an aromatic ring is 1. The summed E-state index contributed by atoms with van der Waals surface area (Å²) < 4.78 is 5.60. The SMILES string of the molecule is CN(CC1CCCCO1)C(=O)c1ccc([N+](=O)[O-])c(N)c1. The summed E-state index contributed by atoms with van der Waals surface area (Å²) in [5.74, 6) is -0.217. The van der Waals surface area contributed by atoms with Crippen molar-refractivity contribution in [3.05, 3.63) is 33.9 Å². The van der Waals surface area contributed by atoms with E-state index in [-0.39, 0.29) is 23.4 Å². The van der Waals surface area contributed by atoms with Crippen LogP contribution in [0.15, 0.2) is 18.2 Å². The molecule has 21 heavy (non-hydrogen) atoms. The molecule has 2 N–H and O–H groups in total. The standard InChI is InChI=1S/C14H19N3O4/c1-16(9-11-4-2-3-7-21-11)14(18)10-5-6-13(17(19)20)12(15)8-10/h5-6,8,11H,2-4,7,9,15H2,1H3. The van der Waals surface area contributed by atoms with Crippen LogP contribution in [-0.4, -0.2) is 42.0 Å². The van der Waals surface area contributed by atoms with Gasteiger partial charge in [-0.1, -0.05) is 0 Å². The van der Waals surface area contributed by atoms with Gasteiger partial charge in [0.2, 0.25) is 0 Å². The summed E-state index contributed by atoms with van der Waals surface area (Å²) in [5, 5.41) is 10.7. The molecule has 1 atom stereocenters. The van der Waals surface area contributed by atoms with E-state index in [4.69, 9.17) is 10.5 Å². The first-order chi connectivity index (χ1) is 9.99. The minimum atomic E-state index is -0.566. The number of nitro groups is 1. The zero-order chi connectivity index (χ0) is 15.4. The summed E-state index contributed by atoms with van der Waals surface area (Å²) >= 11 is 0. The van der Waals surface area contributed by atoms with E-state index >= 15 is 0 Å². The maximum absolute atomic E-state index is 12.3. The summed E-state index contributed by atoms with van der Waals surface area (Å²) in [4.78, 5) is 24.0. The predicted molar refractivity (Wildman–Crippen MR) is 78.1 cm³/mol. The van der Waals surface area contributed by atoms with E-state index in [2.05, 4.69) is 0 Å². The zero-order valence-corrected chi connectivity index (χ0v) is 11.9. The van der Waals surface area contributed by atoms with Crippen molar-refractivity contribution in [3.63, 3.8) is 0 Å². The molecular formula is C14H19N3O4. The van der Waals surface area contributed by atoms with E-state index < -0.39 is 4.92 Å². The van der Waals surface area contributed by atoms with E-state index in [0.29, 0.717) is 12.1 Å². The lowest BCUT2D eigenvalue weighted by Gasteiger charge is -2.27. The number of benzene rings is 1. The molecule has 1 aliphatic heterocycles. The van der Waals surface area contributed by atoms with Crippen molar-refractivity contribution in [1.82, 2.24) is 4.90 Å². The molecule has 114 valence electrons. The Kier molecular flexibility index (Phi) is 4.74. The van der Waals surface area contributed by atoms with E-state index in [1.165, 1.54) is 18.2 Å². The van der Waals surface area contributed by atoms with Gasteiger partial charge in [-0.2, -0.15) is 0 Å². The van der Waals surface area contributed by atoms with Crippen LogP contribution >= 0.6 is 0 Å². The molecule has 1 aromatic rings. The predicted octanol–water partition coefficient (Wildman–Crippen LogP) is 1.82. The lowest BCUT2D eigenvalue weighted by molar-refractivity contribution is -0.383. The van der Waals surface area contributed by atoms with Crippen molar-refractivity contribution >= 4 is 17.3 Å². The van der Waals surface area contributed by atoms with Crippen molar-refractivity contribution < 1.29 is 14.5 Å². The maximum atomic E-state index is 12.3. The number of amides is 1. The summed E-state index contributed by atoms with van der Waals surface area (Å²) in [6.45, 7) is 1.24. The Hall–Kier alpha value is -2.15. The number of carbonyl (C=O) groups is 1. The highest BCUT2D eigenvalue weighted by Gasteiger charge is 2.21. The van der Waals surface area contributed by atoms with Gasteiger partial charge < -0.3 is 15.4 Å². The van der Waals surface area contributed by atoms with Gasteiger partial charge in [0.15, 0.2) is 0 Å². The molecule has 1 saturated heterocycles. The van der Waals surface area contributed by atoms with Crippen molar-refractivity contribution in [2.75, 3.05) is 25.9 Å². The third-order valence-electron chi connectivity index (χ3n) is 3.57. The molecular weight excluding hydrogens is 274 g/mol. The number of carbonyl (C=O) groups excluding carboxylic acids is 1. The molecule has 1 aliphatic rings. The van der Waals surface area contributed by atoms with Crippen molar-refractivity contribution in [1.29, 1.82) is 0 Å². The first kappa shape index (κ1) is 15.2. The lowest BCUT2D eigenvalue weighted by atomic mass is 10.1. The van der Waals surface area contributed by atoms with Crippen LogP contribution in [0.1, 0.15) is 29.6 Å². The van der Waals surface area contributed by atoms with Gasteiger partial charge in [-0.25, -0.2) is 0 Å². The Morgan fingerprint density at radius 3 is 2.86 bits per heavy atom. The molecule has 0 bridgehead atoms. The van der Waals surface area contributed by atoms with E-state index in [1.807, 2.05) is 0 Å². The Morgan fingerprint density at radius 1 is 1.52 bits per heavy atom. The third-order valence-corrected chi connectivity index (χ3v) is 3.57. The van der Waals surface area contributed by atoms with Crippen LogP contribution in [0.25, 0.3) is 0 Å². The molecule has 1 fully saturated rings. The average Bonchev–Trinajstić information content (AvgIpc) is 2.47. The van der Waals surface area contributed by atoms with Crippen LogP contribution in [0.4, 0.5) is 11.4 Å². The summed E-state index contributed by atoms with van der Waals surface area (Å²) in [5.41, 5.74) is 5.75. The second-order valence-electron chi connectivity index (χ2n) is 5.20. The second kappa shape index (κ2) is 6.53. The topological polar surface area (TPSA) is 98.7 Å². The van der Waals surface area contributed by atoms with Crippen molar-refractivity contribution in [2.45, 2.75) is 25.4 Å². The van der Waals surface area contributed by atoms with Crippen LogP contribution in [0, 0.1) is 10.1 Å². The maximum Gasteiger partial charge on any atom is 0.292 e. The molecule has 1 aromatic carbocycles. The fourth-order valence-corrected chi connectivity index (χ4v) is 2.41. The first-order valence-corrected chi connectivity index (χ1v) is 6.90. The summed E-state index contributed by atoms with van der Waals surface area (Å²) in [6, 6.07) is 4.03. The number of nitrogens with zero attached hydrogens (tertiary/aromatic N) is 2. The van der Waals surface area contributed by atoms with Crippen molar-refractivity contribution in [3.8, 4) is 0 Å². The molecule has 2 rings (SSSR count). The van der Waals surface area contributed by atoms with Gasteiger partial charge in [-0.3, -0.25) is 14.9 Å². The normalized spacial score (nSPS) is 18.2. The van der Waals surface area contributed by atoms with Gasteiger partial charge in [0, 0.05) is 31.8 Å². The molecule has 0 radical (unpaired) electrons. The zero-order valence-electron chi connectivity index (χ0n) is 11.9. The molecule has 1 heterocycles. The monoisotopic (exact) mass is 293 g/mol. The highest BCUT2D eigenvalue weighted by Crippen LogP contribution is 2.23. The largest absolute Gasteiger partial charge is 0.393 e. The van der Waals surface area contributed by atoms with Gasteiger partial charge in [-0.05, 0) is 31.4 Å². The van der Waals surface area contributed by atoms with Crippen LogP contribution in [0.5, 0.6) is 0 Å². The Morgan fingerprint density at radius 2 is 2.29 bits per heavy atom. The van der Waals surface area contributed by atoms with Gasteiger partial charge in [0.05, 0.1) is 11.0 Å². The van der Waals surface area contributed by atoms with Crippen LogP contribution < -0.4 is 5.73 Å². The fourth-order valence-electron chi connectivity index (χ4n) is 2.41. The fraction of sp³-hybridized carbons (Fsp3) is 0.500. The molecule has 0 saturated carbocycles. The Balaban J connectivity index is 2.04. The molecule has 0 aliphatic carbocycles. The molecule has 7 heteroatoms.